The summed E-state index contributed by atoms with van der Waals surface area (Å²) in [5.74, 6) is 1.51. The molecule has 6 nitrogen and oxygen atoms in total. The first kappa shape index (κ1) is 19.2. The van der Waals surface area contributed by atoms with Crippen molar-refractivity contribution < 1.29 is 9.53 Å². The topological polar surface area (TPSA) is 67.3 Å². The Morgan fingerprint density at radius 3 is 2.52 bits per heavy atom. The first-order valence-corrected chi connectivity index (χ1v) is 10.2. The normalized spacial score (nSPS) is 14.0. The highest BCUT2D eigenvalue weighted by Crippen LogP contribution is 2.28. The molecule has 1 aromatic heterocycles. The lowest BCUT2D eigenvalue weighted by Crippen LogP contribution is -2.31. The van der Waals surface area contributed by atoms with Crippen molar-refractivity contribution in [1.29, 1.82) is 0 Å². The minimum atomic E-state index is -0.200. The number of piperidine rings is 1. The van der Waals surface area contributed by atoms with Gasteiger partial charge in [-0.25, -0.2) is 0 Å². The molecule has 0 unspecified atom stereocenters. The van der Waals surface area contributed by atoms with E-state index in [1.54, 1.807) is 7.11 Å². The van der Waals surface area contributed by atoms with Crippen LogP contribution in [0.4, 0.5) is 5.82 Å². The lowest BCUT2D eigenvalue weighted by atomic mass is 10.1. The number of hydrogen-bond donors (Lipinski definition) is 1. The number of ether oxygens (including phenoxy) is 1. The van der Waals surface area contributed by atoms with Gasteiger partial charge in [-0.3, -0.25) is 4.79 Å². The van der Waals surface area contributed by atoms with Gasteiger partial charge in [-0.2, -0.15) is 0 Å². The van der Waals surface area contributed by atoms with Gasteiger partial charge in [0.25, 0.3) is 5.91 Å². The Labute approximate surface area is 170 Å². The van der Waals surface area contributed by atoms with E-state index in [1.807, 2.05) is 48.5 Å². The fourth-order valence-corrected chi connectivity index (χ4v) is 3.90. The van der Waals surface area contributed by atoms with Crippen molar-refractivity contribution in [1.82, 2.24) is 15.5 Å². The lowest BCUT2D eigenvalue weighted by Gasteiger charge is -2.28. The number of nitrogens with one attached hydrogen (secondary N) is 1. The zero-order chi connectivity index (χ0) is 20.1. The van der Waals surface area contributed by atoms with E-state index in [0.29, 0.717) is 18.7 Å². The number of benzene rings is 2. The van der Waals surface area contributed by atoms with Crippen molar-refractivity contribution in [3.05, 3.63) is 59.8 Å². The van der Waals surface area contributed by atoms with E-state index in [1.165, 1.54) is 19.3 Å². The lowest BCUT2D eigenvalue weighted by molar-refractivity contribution is 0.0950. The van der Waals surface area contributed by atoms with Gasteiger partial charge in [0.1, 0.15) is 5.75 Å². The molecule has 1 aliphatic rings. The fourth-order valence-electron chi connectivity index (χ4n) is 3.90. The van der Waals surface area contributed by atoms with Gasteiger partial charge in [-0.05, 0) is 37.3 Å². The average molecular weight is 390 g/mol. The first-order chi connectivity index (χ1) is 14.3. The van der Waals surface area contributed by atoms with Gasteiger partial charge in [0, 0.05) is 30.4 Å². The number of hydrogen-bond acceptors (Lipinski definition) is 5. The third kappa shape index (κ3) is 4.16. The molecule has 1 amide bonds. The highest BCUT2D eigenvalue weighted by Gasteiger charge is 2.20. The molecule has 6 heteroatoms. The second-order valence-electron chi connectivity index (χ2n) is 7.28. The molecule has 1 saturated heterocycles. The second-order valence-corrected chi connectivity index (χ2v) is 7.28. The first-order valence-electron chi connectivity index (χ1n) is 10.2. The number of aromatic nitrogens is 2. The summed E-state index contributed by atoms with van der Waals surface area (Å²) in [5, 5.41) is 13.6. The predicted molar refractivity (Wildman–Crippen MR) is 115 cm³/mol. The van der Waals surface area contributed by atoms with E-state index in [-0.39, 0.29) is 5.91 Å². The van der Waals surface area contributed by atoms with Gasteiger partial charge in [0.05, 0.1) is 7.11 Å². The molecule has 1 fully saturated rings. The van der Waals surface area contributed by atoms with Crippen LogP contribution in [0.1, 0.15) is 35.3 Å². The van der Waals surface area contributed by atoms with Crippen LogP contribution in [0.2, 0.25) is 0 Å². The smallest absolute Gasteiger partial charge is 0.272 e. The molecule has 2 aromatic carbocycles. The molecular formula is C23H26N4O2. The molecule has 150 valence electrons. The van der Waals surface area contributed by atoms with Crippen LogP contribution in [0.25, 0.3) is 10.8 Å². The van der Waals surface area contributed by atoms with E-state index >= 15 is 0 Å². The van der Waals surface area contributed by atoms with Crippen LogP contribution in [0.15, 0.2) is 48.5 Å². The van der Waals surface area contributed by atoms with Gasteiger partial charge >= 0.3 is 0 Å². The number of nitrogens with zero attached hydrogens (tertiary/aromatic N) is 3. The van der Waals surface area contributed by atoms with Gasteiger partial charge in [-0.1, -0.05) is 42.5 Å². The van der Waals surface area contributed by atoms with Crippen LogP contribution in [0.5, 0.6) is 5.75 Å². The van der Waals surface area contributed by atoms with Crippen molar-refractivity contribution >= 4 is 22.5 Å². The molecule has 1 N–H and O–H groups in total. The summed E-state index contributed by atoms with van der Waals surface area (Å²) in [6.07, 6.45) is 4.28. The number of para-hydroxylation sites is 1. The molecule has 0 bridgehead atoms. The summed E-state index contributed by atoms with van der Waals surface area (Å²) in [4.78, 5) is 15.1. The SMILES string of the molecule is COc1ccccc1CCNC(=O)c1nnc(N2CCCCC2)c2ccccc12. The van der Waals surface area contributed by atoms with Crippen LogP contribution in [-0.4, -0.2) is 42.8 Å². The largest absolute Gasteiger partial charge is 0.496 e. The highest BCUT2D eigenvalue weighted by atomic mass is 16.5. The van der Waals surface area contributed by atoms with E-state index in [2.05, 4.69) is 20.4 Å². The number of carbonyl (C=O) groups excluding carboxylic acids is 1. The molecule has 0 spiro atoms. The number of anilines is 1. The monoisotopic (exact) mass is 390 g/mol. The van der Waals surface area contributed by atoms with Crippen LogP contribution >= 0.6 is 0 Å². The van der Waals surface area contributed by atoms with E-state index in [0.717, 1.165) is 41.0 Å². The minimum absolute atomic E-state index is 0.200. The predicted octanol–water partition coefficient (Wildman–Crippen LogP) is 3.60. The maximum absolute atomic E-state index is 12.8. The molecule has 0 atom stereocenters. The number of carbonyl (C=O) groups is 1. The van der Waals surface area contributed by atoms with Crippen molar-refractivity contribution in [2.24, 2.45) is 0 Å². The van der Waals surface area contributed by atoms with Crippen molar-refractivity contribution in [2.45, 2.75) is 25.7 Å². The molecule has 3 aromatic rings. The second kappa shape index (κ2) is 8.90. The molecule has 1 aliphatic heterocycles. The Bertz CT molecular complexity index is 999. The van der Waals surface area contributed by atoms with Crippen molar-refractivity contribution in [3.8, 4) is 5.75 Å². The molecule has 29 heavy (non-hydrogen) atoms. The number of fused-ring (bicyclic) bond motifs is 1. The summed E-state index contributed by atoms with van der Waals surface area (Å²) in [7, 11) is 1.66. The molecule has 0 aliphatic carbocycles. The van der Waals surface area contributed by atoms with Crippen molar-refractivity contribution in [2.75, 3.05) is 31.6 Å². The molecule has 4 rings (SSSR count). The average Bonchev–Trinajstić information content (AvgIpc) is 2.79. The third-order valence-electron chi connectivity index (χ3n) is 5.41. The van der Waals surface area contributed by atoms with Crippen LogP contribution in [-0.2, 0) is 6.42 Å². The van der Waals surface area contributed by atoms with Crippen LogP contribution in [0, 0.1) is 0 Å². The Kier molecular flexibility index (Phi) is 5.89. The number of methoxy groups -OCH3 is 1. The van der Waals surface area contributed by atoms with E-state index < -0.39 is 0 Å². The molecule has 0 saturated carbocycles. The maximum atomic E-state index is 12.8. The van der Waals surface area contributed by atoms with Gasteiger partial charge in [0.15, 0.2) is 11.5 Å². The summed E-state index contributed by atoms with van der Waals surface area (Å²) in [6, 6.07) is 15.7. The van der Waals surface area contributed by atoms with Gasteiger partial charge in [-0.15, -0.1) is 10.2 Å². The summed E-state index contributed by atoms with van der Waals surface area (Å²) in [5.41, 5.74) is 1.44. The Morgan fingerprint density at radius 2 is 1.72 bits per heavy atom. The summed E-state index contributed by atoms with van der Waals surface area (Å²) < 4.78 is 5.38. The Hall–Kier alpha value is -3.15. The molecule has 0 radical (unpaired) electrons. The Morgan fingerprint density at radius 1 is 1.00 bits per heavy atom. The summed E-state index contributed by atoms with van der Waals surface area (Å²) >= 11 is 0. The van der Waals surface area contributed by atoms with Gasteiger partial charge in [0.2, 0.25) is 0 Å². The van der Waals surface area contributed by atoms with E-state index in [4.69, 9.17) is 4.74 Å². The van der Waals surface area contributed by atoms with E-state index in [9.17, 15) is 4.79 Å². The minimum Gasteiger partial charge on any atom is -0.496 e. The van der Waals surface area contributed by atoms with Gasteiger partial charge < -0.3 is 15.0 Å². The number of amides is 1. The zero-order valence-electron chi connectivity index (χ0n) is 16.7. The quantitative estimate of drug-likeness (QED) is 0.697. The fraction of sp³-hybridized carbons (Fsp3) is 0.348. The molecular weight excluding hydrogens is 364 g/mol. The van der Waals surface area contributed by atoms with Crippen LogP contribution < -0.4 is 15.0 Å². The number of rotatable bonds is 6. The molecule has 2 heterocycles. The maximum Gasteiger partial charge on any atom is 0.272 e. The summed E-state index contributed by atoms with van der Waals surface area (Å²) in [6.45, 7) is 2.48. The van der Waals surface area contributed by atoms with Crippen LogP contribution in [0.3, 0.4) is 0 Å². The zero-order valence-corrected chi connectivity index (χ0v) is 16.7. The standard InChI is InChI=1S/C23H26N4O2/c1-29-20-12-6-3-9-17(20)13-14-24-23(28)21-18-10-4-5-11-19(18)22(26-25-21)27-15-7-2-8-16-27/h3-6,9-12H,2,7-8,13-16H2,1H3,(H,24,28). The highest BCUT2D eigenvalue weighted by molar-refractivity contribution is 6.07. The third-order valence-corrected chi connectivity index (χ3v) is 5.41. The van der Waals surface area contributed by atoms with Crippen molar-refractivity contribution in [3.63, 3.8) is 0 Å². The Balaban J connectivity index is 1.52.